The van der Waals surface area contributed by atoms with Crippen molar-refractivity contribution in [2.75, 3.05) is 19.6 Å². The van der Waals surface area contributed by atoms with Gasteiger partial charge in [0, 0.05) is 32.0 Å². The first-order valence-electron chi connectivity index (χ1n) is 8.00. The average molecular weight is 310 g/mol. The summed E-state index contributed by atoms with van der Waals surface area (Å²) >= 11 is 0. The molecular formula is C16H26N2O4. The first kappa shape index (κ1) is 16.8. The molecule has 1 aliphatic carbocycles. The van der Waals surface area contributed by atoms with Crippen LogP contribution in [-0.4, -0.2) is 58.4 Å². The lowest BCUT2D eigenvalue weighted by atomic mass is 10.1. The molecule has 6 heteroatoms. The summed E-state index contributed by atoms with van der Waals surface area (Å²) in [6.45, 7) is 6.69. The fourth-order valence-corrected chi connectivity index (χ4v) is 3.36. The van der Waals surface area contributed by atoms with Crippen LogP contribution in [0.15, 0.2) is 0 Å². The monoisotopic (exact) mass is 310 g/mol. The predicted molar refractivity (Wildman–Crippen MR) is 81.1 cm³/mol. The van der Waals surface area contributed by atoms with E-state index in [2.05, 4.69) is 13.8 Å². The molecule has 6 nitrogen and oxygen atoms in total. The molecule has 2 amide bonds. The van der Waals surface area contributed by atoms with Crippen LogP contribution in [0.2, 0.25) is 0 Å². The van der Waals surface area contributed by atoms with E-state index in [1.807, 2.05) is 4.90 Å². The van der Waals surface area contributed by atoms with Gasteiger partial charge in [0.1, 0.15) is 6.54 Å². The molecule has 2 fully saturated rings. The molecule has 2 aliphatic rings. The van der Waals surface area contributed by atoms with E-state index in [4.69, 9.17) is 5.11 Å². The minimum Gasteiger partial charge on any atom is -0.480 e. The molecule has 1 N–H and O–H groups in total. The Morgan fingerprint density at radius 1 is 1.23 bits per heavy atom. The Labute approximate surface area is 131 Å². The molecule has 2 atom stereocenters. The molecule has 1 saturated heterocycles. The van der Waals surface area contributed by atoms with Crippen molar-refractivity contribution in [3.8, 4) is 0 Å². The van der Waals surface area contributed by atoms with Crippen molar-refractivity contribution in [1.29, 1.82) is 0 Å². The van der Waals surface area contributed by atoms with Gasteiger partial charge in [-0.1, -0.05) is 13.8 Å². The Morgan fingerprint density at radius 2 is 1.86 bits per heavy atom. The molecule has 1 unspecified atom stereocenters. The van der Waals surface area contributed by atoms with Crippen LogP contribution in [0.1, 0.15) is 46.5 Å². The Morgan fingerprint density at radius 3 is 2.36 bits per heavy atom. The summed E-state index contributed by atoms with van der Waals surface area (Å²) in [6, 6.07) is -0.0846. The van der Waals surface area contributed by atoms with E-state index < -0.39 is 5.97 Å². The van der Waals surface area contributed by atoms with Gasteiger partial charge in [0.25, 0.3) is 0 Å². The van der Waals surface area contributed by atoms with Gasteiger partial charge >= 0.3 is 5.97 Å². The van der Waals surface area contributed by atoms with Gasteiger partial charge in [-0.3, -0.25) is 14.4 Å². The largest absolute Gasteiger partial charge is 0.480 e. The van der Waals surface area contributed by atoms with Crippen LogP contribution in [0, 0.1) is 11.3 Å². The zero-order valence-electron chi connectivity index (χ0n) is 13.7. The van der Waals surface area contributed by atoms with Gasteiger partial charge in [-0.15, -0.1) is 0 Å². The summed E-state index contributed by atoms with van der Waals surface area (Å²) in [6.07, 6.45) is 3.17. The number of hydrogen-bond acceptors (Lipinski definition) is 3. The van der Waals surface area contributed by atoms with Gasteiger partial charge in [0.2, 0.25) is 11.8 Å². The molecule has 1 saturated carbocycles. The molecular weight excluding hydrogens is 284 g/mol. The molecule has 0 aromatic rings. The maximum atomic E-state index is 12.5. The van der Waals surface area contributed by atoms with Crippen LogP contribution in [0.3, 0.4) is 0 Å². The summed E-state index contributed by atoms with van der Waals surface area (Å²) in [7, 11) is 0. The number of nitrogens with zero attached hydrogens (tertiary/aromatic N) is 2. The summed E-state index contributed by atoms with van der Waals surface area (Å²) < 4.78 is 0. The van der Waals surface area contributed by atoms with Gasteiger partial charge in [0.15, 0.2) is 0 Å². The first-order chi connectivity index (χ1) is 10.2. The molecule has 124 valence electrons. The maximum absolute atomic E-state index is 12.5. The third kappa shape index (κ3) is 3.78. The molecule has 1 heterocycles. The number of carbonyl (C=O) groups excluding carboxylic acids is 2. The highest BCUT2D eigenvalue weighted by atomic mass is 16.4. The quantitative estimate of drug-likeness (QED) is 0.850. The normalized spacial score (nSPS) is 27.0. The van der Waals surface area contributed by atoms with E-state index in [0.717, 1.165) is 19.3 Å². The number of carbonyl (C=O) groups is 3. The second-order valence-electron chi connectivity index (χ2n) is 7.20. The van der Waals surface area contributed by atoms with Crippen LogP contribution >= 0.6 is 0 Å². The Hall–Kier alpha value is -1.59. The van der Waals surface area contributed by atoms with Gasteiger partial charge in [0.05, 0.1) is 0 Å². The average Bonchev–Trinajstić information content (AvgIpc) is 3.11. The number of amides is 2. The van der Waals surface area contributed by atoms with E-state index in [-0.39, 0.29) is 35.7 Å². The lowest BCUT2D eigenvalue weighted by Crippen LogP contribution is -2.43. The van der Waals surface area contributed by atoms with E-state index in [1.54, 1.807) is 0 Å². The van der Waals surface area contributed by atoms with Crippen molar-refractivity contribution in [3.63, 3.8) is 0 Å². The third-order valence-electron chi connectivity index (χ3n) is 4.97. The van der Waals surface area contributed by atoms with Gasteiger partial charge in [-0.25, -0.2) is 0 Å². The van der Waals surface area contributed by atoms with E-state index in [9.17, 15) is 14.4 Å². The number of carboxylic acids is 1. The van der Waals surface area contributed by atoms with Gasteiger partial charge in [-0.2, -0.15) is 0 Å². The number of hydrogen-bond donors (Lipinski definition) is 1. The lowest BCUT2D eigenvalue weighted by molar-refractivity contribution is -0.145. The van der Waals surface area contributed by atoms with E-state index in [1.165, 1.54) is 11.8 Å². The van der Waals surface area contributed by atoms with Gasteiger partial charge < -0.3 is 14.9 Å². The van der Waals surface area contributed by atoms with Crippen LogP contribution < -0.4 is 0 Å². The molecule has 1 aliphatic heterocycles. The Bertz CT molecular complexity index is 475. The smallest absolute Gasteiger partial charge is 0.323 e. The van der Waals surface area contributed by atoms with Crippen LogP contribution in [0.25, 0.3) is 0 Å². The summed E-state index contributed by atoms with van der Waals surface area (Å²) in [5, 5.41) is 8.95. The Kier molecular flexibility index (Phi) is 4.78. The number of likely N-dealkylation sites (tertiary alicyclic amines) is 1. The SMILES string of the molecule is CC(=O)N(CC(=O)O)C1CCCN(C(=O)[C@H]2CC2(C)C)CC1. The maximum Gasteiger partial charge on any atom is 0.323 e. The standard InChI is InChI=1S/C16H26N2O4/c1-11(19)18(10-14(20)21)12-5-4-7-17(8-6-12)15(22)13-9-16(13,2)3/h12-13H,4-10H2,1-3H3,(H,20,21)/t12?,13-/m1/s1. The lowest BCUT2D eigenvalue weighted by Gasteiger charge is -2.29. The third-order valence-corrected chi connectivity index (χ3v) is 4.97. The molecule has 0 spiro atoms. The molecule has 0 aromatic heterocycles. The molecule has 2 rings (SSSR count). The van der Waals surface area contributed by atoms with Crippen molar-refractivity contribution >= 4 is 17.8 Å². The summed E-state index contributed by atoms with van der Waals surface area (Å²) in [5.74, 6) is -0.854. The predicted octanol–water partition coefficient (Wildman–Crippen LogP) is 1.35. The van der Waals surface area contributed by atoms with Crippen molar-refractivity contribution in [3.05, 3.63) is 0 Å². The minimum atomic E-state index is -0.993. The fourth-order valence-electron chi connectivity index (χ4n) is 3.36. The van der Waals surface area contributed by atoms with Crippen molar-refractivity contribution in [2.24, 2.45) is 11.3 Å². The minimum absolute atomic E-state index is 0.0846. The van der Waals surface area contributed by atoms with Gasteiger partial charge in [-0.05, 0) is 31.1 Å². The highest BCUT2D eigenvalue weighted by molar-refractivity contribution is 5.82. The first-order valence-corrected chi connectivity index (χ1v) is 8.00. The molecule has 22 heavy (non-hydrogen) atoms. The zero-order valence-corrected chi connectivity index (χ0v) is 13.7. The molecule has 0 bridgehead atoms. The molecule has 0 radical (unpaired) electrons. The second-order valence-corrected chi connectivity index (χ2v) is 7.20. The zero-order chi connectivity index (χ0) is 16.5. The summed E-state index contributed by atoms with van der Waals surface area (Å²) in [5.41, 5.74) is 0.123. The van der Waals surface area contributed by atoms with Crippen LogP contribution in [-0.2, 0) is 14.4 Å². The summed E-state index contributed by atoms with van der Waals surface area (Å²) in [4.78, 5) is 38.4. The highest BCUT2D eigenvalue weighted by Gasteiger charge is 2.52. The van der Waals surface area contributed by atoms with E-state index in [0.29, 0.717) is 19.5 Å². The van der Waals surface area contributed by atoms with E-state index >= 15 is 0 Å². The number of aliphatic carboxylic acids is 1. The van der Waals surface area contributed by atoms with Crippen LogP contribution in [0.5, 0.6) is 0 Å². The van der Waals surface area contributed by atoms with Crippen molar-refractivity contribution in [2.45, 2.75) is 52.5 Å². The second kappa shape index (κ2) is 6.26. The Balaban J connectivity index is 1.95. The van der Waals surface area contributed by atoms with Crippen molar-refractivity contribution < 1.29 is 19.5 Å². The topological polar surface area (TPSA) is 77.9 Å². The fraction of sp³-hybridized carbons (Fsp3) is 0.812. The number of rotatable bonds is 4. The van der Waals surface area contributed by atoms with Crippen LogP contribution in [0.4, 0.5) is 0 Å². The number of carboxylic acid groups (broad SMARTS) is 1. The highest BCUT2D eigenvalue weighted by Crippen LogP contribution is 2.52. The van der Waals surface area contributed by atoms with Crippen molar-refractivity contribution in [1.82, 2.24) is 9.80 Å². The molecule has 0 aromatic carbocycles.